The van der Waals surface area contributed by atoms with Crippen LogP contribution in [0.5, 0.6) is 0 Å². The summed E-state index contributed by atoms with van der Waals surface area (Å²) in [6.07, 6.45) is -4.59. The molecule has 0 spiro atoms. The summed E-state index contributed by atoms with van der Waals surface area (Å²) in [5.74, 6) is -1.07. The Morgan fingerprint density at radius 1 is 0.939 bits per heavy atom. The second-order valence-corrected chi connectivity index (χ2v) is 8.41. The molecule has 0 aliphatic carbocycles. The number of para-hydroxylation sites is 2. The minimum absolute atomic E-state index is 0.155. The normalized spacial score (nSPS) is 16.1. The summed E-state index contributed by atoms with van der Waals surface area (Å²) >= 11 is 12.1. The van der Waals surface area contributed by atoms with Crippen molar-refractivity contribution in [2.24, 2.45) is 0 Å². The largest absolute Gasteiger partial charge is 0.416 e. The van der Waals surface area contributed by atoms with E-state index in [4.69, 9.17) is 23.2 Å². The van der Waals surface area contributed by atoms with Gasteiger partial charge in [0.2, 0.25) is 5.91 Å². The molecule has 0 saturated carbocycles. The van der Waals surface area contributed by atoms with Crippen molar-refractivity contribution in [2.75, 3.05) is 9.80 Å². The molecular formula is C24H17Cl2F3N2O2. The minimum atomic E-state index is -4.59. The predicted molar refractivity (Wildman–Crippen MR) is 122 cm³/mol. The Morgan fingerprint density at radius 3 is 2.30 bits per heavy atom. The highest BCUT2D eigenvalue weighted by atomic mass is 35.5. The molecule has 1 heterocycles. The number of benzene rings is 3. The maximum atomic E-state index is 13.3. The topological polar surface area (TPSA) is 40.6 Å². The van der Waals surface area contributed by atoms with Crippen LogP contribution in [0, 0.1) is 0 Å². The number of rotatable bonds is 3. The second kappa shape index (κ2) is 8.72. The van der Waals surface area contributed by atoms with E-state index in [-0.39, 0.29) is 18.0 Å². The van der Waals surface area contributed by atoms with Gasteiger partial charge in [0.1, 0.15) is 6.04 Å². The van der Waals surface area contributed by atoms with Gasteiger partial charge in [-0.1, -0.05) is 47.5 Å². The summed E-state index contributed by atoms with van der Waals surface area (Å²) < 4.78 is 39.5. The number of hydrogen-bond acceptors (Lipinski definition) is 2. The highest BCUT2D eigenvalue weighted by Crippen LogP contribution is 2.38. The Balaban J connectivity index is 1.73. The second-order valence-electron chi connectivity index (χ2n) is 7.59. The number of fused-ring (bicyclic) bond motifs is 1. The van der Waals surface area contributed by atoms with Crippen molar-refractivity contribution < 1.29 is 22.8 Å². The Morgan fingerprint density at radius 2 is 1.64 bits per heavy atom. The average Bonchev–Trinajstić information content (AvgIpc) is 2.78. The fourth-order valence-corrected chi connectivity index (χ4v) is 4.12. The minimum Gasteiger partial charge on any atom is -0.304 e. The number of alkyl halides is 3. The van der Waals surface area contributed by atoms with Crippen molar-refractivity contribution in [1.29, 1.82) is 0 Å². The van der Waals surface area contributed by atoms with E-state index in [2.05, 4.69) is 0 Å². The molecule has 0 fully saturated rings. The van der Waals surface area contributed by atoms with Gasteiger partial charge in [-0.25, -0.2) is 0 Å². The van der Waals surface area contributed by atoms with E-state index in [0.717, 1.165) is 17.7 Å². The highest BCUT2D eigenvalue weighted by molar-refractivity contribution is 6.42. The van der Waals surface area contributed by atoms with Crippen LogP contribution in [0.15, 0.2) is 66.7 Å². The average molecular weight is 493 g/mol. The quantitative estimate of drug-likeness (QED) is 0.413. The lowest BCUT2D eigenvalue weighted by molar-refractivity contribution is -0.137. The van der Waals surface area contributed by atoms with Gasteiger partial charge in [0.25, 0.3) is 5.91 Å². The third kappa shape index (κ3) is 4.43. The van der Waals surface area contributed by atoms with Gasteiger partial charge in [0, 0.05) is 5.56 Å². The van der Waals surface area contributed by atoms with Gasteiger partial charge in [0.05, 0.1) is 33.5 Å². The summed E-state index contributed by atoms with van der Waals surface area (Å²) in [4.78, 5) is 29.4. The Labute approximate surface area is 198 Å². The van der Waals surface area contributed by atoms with Crippen LogP contribution >= 0.6 is 23.2 Å². The summed E-state index contributed by atoms with van der Waals surface area (Å²) in [6, 6.07) is 15.0. The first kappa shape index (κ1) is 23.1. The molecule has 2 amide bonds. The predicted octanol–water partition coefficient (Wildman–Crippen LogP) is 6.59. The van der Waals surface area contributed by atoms with Crippen LogP contribution < -0.4 is 9.80 Å². The lowest BCUT2D eigenvalue weighted by Gasteiger charge is -2.40. The van der Waals surface area contributed by atoms with Crippen LogP contribution in [0.1, 0.15) is 28.4 Å². The zero-order valence-electron chi connectivity index (χ0n) is 17.2. The molecule has 1 unspecified atom stereocenters. The van der Waals surface area contributed by atoms with E-state index in [1.54, 1.807) is 49.4 Å². The van der Waals surface area contributed by atoms with Gasteiger partial charge >= 0.3 is 6.18 Å². The molecule has 0 saturated heterocycles. The van der Waals surface area contributed by atoms with Crippen molar-refractivity contribution in [3.05, 3.63) is 93.5 Å². The van der Waals surface area contributed by atoms with Gasteiger partial charge in [-0.2, -0.15) is 13.2 Å². The van der Waals surface area contributed by atoms with Gasteiger partial charge in [-0.05, 0) is 55.0 Å². The molecule has 4 rings (SSSR count). The summed E-state index contributed by atoms with van der Waals surface area (Å²) in [6.45, 7) is 1.73. The number of anilines is 2. The van der Waals surface area contributed by atoms with Crippen LogP contribution in [-0.2, 0) is 17.5 Å². The third-order valence-corrected chi connectivity index (χ3v) is 6.16. The van der Waals surface area contributed by atoms with Crippen LogP contribution in [0.2, 0.25) is 10.0 Å². The first-order valence-corrected chi connectivity index (χ1v) is 10.7. The SMILES string of the molecule is CC1C(=O)N(Cc2ccc(Cl)c(Cl)c2)c2ccccc2N1C(=O)c1cccc(C(F)(F)F)c1. The molecule has 3 aromatic rings. The molecule has 3 aromatic carbocycles. The molecule has 4 nitrogen and oxygen atoms in total. The molecule has 1 atom stereocenters. The number of amides is 2. The Hall–Kier alpha value is -3.03. The van der Waals surface area contributed by atoms with Crippen molar-refractivity contribution in [2.45, 2.75) is 25.7 Å². The van der Waals surface area contributed by atoms with Gasteiger partial charge in [-0.3, -0.25) is 14.5 Å². The monoisotopic (exact) mass is 492 g/mol. The molecule has 1 aliphatic rings. The third-order valence-electron chi connectivity index (χ3n) is 5.42. The highest BCUT2D eigenvalue weighted by Gasteiger charge is 2.39. The van der Waals surface area contributed by atoms with Crippen molar-refractivity contribution in [1.82, 2.24) is 0 Å². The maximum Gasteiger partial charge on any atom is 0.416 e. The van der Waals surface area contributed by atoms with Crippen LogP contribution in [0.3, 0.4) is 0 Å². The van der Waals surface area contributed by atoms with E-state index in [9.17, 15) is 22.8 Å². The molecule has 0 aromatic heterocycles. The molecular weight excluding hydrogens is 476 g/mol. The fourth-order valence-electron chi connectivity index (χ4n) is 3.80. The van der Waals surface area contributed by atoms with E-state index >= 15 is 0 Å². The molecule has 0 bridgehead atoms. The van der Waals surface area contributed by atoms with Crippen molar-refractivity contribution >= 4 is 46.4 Å². The summed E-state index contributed by atoms with van der Waals surface area (Å²) in [5, 5.41) is 0.735. The van der Waals surface area contributed by atoms with Gasteiger partial charge in [-0.15, -0.1) is 0 Å². The zero-order chi connectivity index (χ0) is 23.9. The van der Waals surface area contributed by atoms with E-state index in [1.165, 1.54) is 21.9 Å². The number of carbonyl (C=O) groups excluding carboxylic acids is 2. The summed E-state index contributed by atoms with van der Waals surface area (Å²) in [5.41, 5.74) is 0.535. The molecule has 33 heavy (non-hydrogen) atoms. The Bertz CT molecular complexity index is 1250. The lowest BCUT2D eigenvalue weighted by Crippen LogP contribution is -2.54. The number of halogens is 5. The van der Waals surface area contributed by atoms with E-state index in [1.807, 2.05) is 0 Å². The molecule has 170 valence electrons. The van der Waals surface area contributed by atoms with E-state index in [0.29, 0.717) is 21.4 Å². The number of carbonyl (C=O) groups is 2. The van der Waals surface area contributed by atoms with Crippen LogP contribution in [0.4, 0.5) is 24.5 Å². The summed E-state index contributed by atoms with van der Waals surface area (Å²) in [7, 11) is 0. The van der Waals surface area contributed by atoms with Crippen molar-refractivity contribution in [3.63, 3.8) is 0 Å². The molecule has 9 heteroatoms. The first-order valence-electron chi connectivity index (χ1n) is 9.93. The van der Waals surface area contributed by atoms with Crippen LogP contribution in [0.25, 0.3) is 0 Å². The van der Waals surface area contributed by atoms with Crippen molar-refractivity contribution in [3.8, 4) is 0 Å². The zero-order valence-corrected chi connectivity index (χ0v) is 18.7. The van der Waals surface area contributed by atoms with Gasteiger partial charge in [0.15, 0.2) is 0 Å². The number of nitrogens with zero attached hydrogens (tertiary/aromatic N) is 2. The first-order chi connectivity index (χ1) is 15.6. The molecule has 1 aliphatic heterocycles. The number of hydrogen-bond donors (Lipinski definition) is 0. The smallest absolute Gasteiger partial charge is 0.304 e. The molecule has 0 radical (unpaired) electrons. The standard InChI is InChI=1S/C24H17Cl2F3N2O2/c1-14-22(32)30(13-15-9-10-18(25)19(26)11-15)20-7-2-3-8-21(20)31(14)23(33)16-5-4-6-17(12-16)24(27,28)29/h2-12,14H,13H2,1H3. The maximum absolute atomic E-state index is 13.3. The lowest BCUT2D eigenvalue weighted by atomic mass is 10.0. The van der Waals surface area contributed by atoms with Crippen LogP contribution in [-0.4, -0.2) is 17.9 Å². The fraction of sp³-hybridized carbons (Fsp3) is 0.167. The van der Waals surface area contributed by atoms with E-state index < -0.39 is 23.7 Å². The Kier molecular flexibility index (Phi) is 6.12. The molecule has 0 N–H and O–H groups in total. The van der Waals surface area contributed by atoms with Gasteiger partial charge < -0.3 is 4.90 Å².